The second-order valence-corrected chi connectivity index (χ2v) is 4.49. The van der Waals surface area contributed by atoms with Crippen LogP contribution in [-0.4, -0.2) is 29.1 Å². The minimum atomic E-state index is -0.823. The van der Waals surface area contributed by atoms with Gasteiger partial charge in [-0.2, -0.15) is 0 Å². The smallest absolute Gasteiger partial charge is 0.317 e. The van der Waals surface area contributed by atoms with Gasteiger partial charge in [0.15, 0.2) is 0 Å². The van der Waals surface area contributed by atoms with Gasteiger partial charge in [-0.3, -0.25) is 9.69 Å². The predicted molar refractivity (Wildman–Crippen MR) is 68.9 cm³/mol. The van der Waals surface area contributed by atoms with E-state index in [1.807, 2.05) is 49.1 Å². The van der Waals surface area contributed by atoms with Gasteiger partial charge in [-0.25, -0.2) is 0 Å². The van der Waals surface area contributed by atoms with Crippen LogP contribution in [0.5, 0.6) is 0 Å². The lowest BCUT2D eigenvalue weighted by Gasteiger charge is -2.37. The zero-order valence-corrected chi connectivity index (χ0v) is 10.4. The van der Waals surface area contributed by atoms with E-state index in [1.54, 1.807) is 6.08 Å². The lowest BCUT2D eigenvalue weighted by atomic mass is 9.92. The standard InChI is InChI=1S/C14H19NO2/c1-4-10-15(11-13(16)17)14(2,3)12-8-6-5-7-9-12/h4-9H,1,10-11H2,2-3H3,(H,16,17). The third-order valence-corrected chi connectivity index (χ3v) is 2.95. The van der Waals surface area contributed by atoms with E-state index in [9.17, 15) is 4.79 Å². The second-order valence-electron chi connectivity index (χ2n) is 4.49. The Morgan fingerprint density at radius 1 is 1.41 bits per heavy atom. The van der Waals surface area contributed by atoms with Gasteiger partial charge in [-0.05, 0) is 19.4 Å². The Labute approximate surface area is 102 Å². The van der Waals surface area contributed by atoms with Crippen molar-refractivity contribution in [1.82, 2.24) is 4.90 Å². The Bertz CT molecular complexity index is 384. The maximum atomic E-state index is 10.9. The summed E-state index contributed by atoms with van der Waals surface area (Å²) in [7, 11) is 0. The molecule has 0 aliphatic carbocycles. The molecule has 92 valence electrons. The summed E-state index contributed by atoms with van der Waals surface area (Å²) in [5.41, 5.74) is 0.775. The van der Waals surface area contributed by atoms with Crippen molar-refractivity contribution in [2.75, 3.05) is 13.1 Å². The number of nitrogens with zero attached hydrogens (tertiary/aromatic N) is 1. The topological polar surface area (TPSA) is 40.5 Å². The number of aliphatic carboxylic acids is 1. The quantitative estimate of drug-likeness (QED) is 0.767. The molecule has 0 aliphatic heterocycles. The largest absolute Gasteiger partial charge is 0.480 e. The third-order valence-electron chi connectivity index (χ3n) is 2.95. The minimum absolute atomic E-state index is 0.00785. The third kappa shape index (κ3) is 3.43. The Morgan fingerprint density at radius 2 is 2.00 bits per heavy atom. The molecule has 0 unspecified atom stereocenters. The van der Waals surface area contributed by atoms with Crippen LogP contribution in [0.3, 0.4) is 0 Å². The predicted octanol–water partition coefficient (Wildman–Crippen LogP) is 2.49. The van der Waals surface area contributed by atoms with E-state index in [-0.39, 0.29) is 12.1 Å². The second kappa shape index (κ2) is 5.64. The fourth-order valence-electron chi connectivity index (χ4n) is 1.84. The first-order chi connectivity index (χ1) is 7.98. The number of benzene rings is 1. The molecule has 17 heavy (non-hydrogen) atoms. The van der Waals surface area contributed by atoms with Crippen LogP contribution in [0.1, 0.15) is 19.4 Å². The van der Waals surface area contributed by atoms with Crippen molar-refractivity contribution in [2.45, 2.75) is 19.4 Å². The van der Waals surface area contributed by atoms with E-state index in [0.29, 0.717) is 6.54 Å². The Morgan fingerprint density at radius 3 is 2.47 bits per heavy atom. The van der Waals surface area contributed by atoms with Crippen LogP contribution in [0.2, 0.25) is 0 Å². The molecule has 3 heteroatoms. The maximum Gasteiger partial charge on any atom is 0.317 e. The molecule has 0 heterocycles. The van der Waals surface area contributed by atoms with Gasteiger partial charge in [-0.1, -0.05) is 36.4 Å². The lowest BCUT2D eigenvalue weighted by molar-refractivity contribution is -0.139. The Balaban J connectivity index is 2.98. The van der Waals surface area contributed by atoms with E-state index >= 15 is 0 Å². The molecule has 0 atom stereocenters. The zero-order valence-electron chi connectivity index (χ0n) is 10.4. The van der Waals surface area contributed by atoms with E-state index < -0.39 is 5.97 Å². The van der Waals surface area contributed by atoms with Crippen LogP contribution in [-0.2, 0) is 10.3 Å². The van der Waals surface area contributed by atoms with E-state index in [4.69, 9.17) is 5.11 Å². The summed E-state index contributed by atoms with van der Waals surface area (Å²) < 4.78 is 0. The van der Waals surface area contributed by atoms with Gasteiger partial charge in [0.05, 0.1) is 6.54 Å². The first-order valence-corrected chi connectivity index (χ1v) is 5.61. The molecule has 0 bridgehead atoms. The molecule has 1 aromatic carbocycles. The highest BCUT2D eigenvalue weighted by atomic mass is 16.4. The maximum absolute atomic E-state index is 10.9. The summed E-state index contributed by atoms with van der Waals surface area (Å²) in [5, 5.41) is 8.94. The zero-order chi connectivity index (χ0) is 12.9. The summed E-state index contributed by atoms with van der Waals surface area (Å²) >= 11 is 0. The Hall–Kier alpha value is -1.61. The van der Waals surface area contributed by atoms with Crippen LogP contribution in [0.25, 0.3) is 0 Å². The number of carboxylic acids is 1. The van der Waals surface area contributed by atoms with Crippen molar-refractivity contribution in [3.05, 3.63) is 48.6 Å². The van der Waals surface area contributed by atoms with Crippen LogP contribution in [0.4, 0.5) is 0 Å². The van der Waals surface area contributed by atoms with Crippen LogP contribution < -0.4 is 0 Å². The highest BCUT2D eigenvalue weighted by Crippen LogP contribution is 2.27. The van der Waals surface area contributed by atoms with Crippen LogP contribution >= 0.6 is 0 Å². The Kier molecular flexibility index (Phi) is 4.46. The summed E-state index contributed by atoms with van der Waals surface area (Å²) in [6.45, 7) is 8.28. The molecule has 0 saturated carbocycles. The normalized spacial score (nSPS) is 11.5. The molecule has 0 aliphatic rings. The molecule has 0 fully saturated rings. The van der Waals surface area contributed by atoms with Crippen molar-refractivity contribution in [3.63, 3.8) is 0 Å². The summed E-state index contributed by atoms with van der Waals surface area (Å²) in [6, 6.07) is 9.90. The molecular formula is C14H19NO2. The molecule has 1 rings (SSSR count). The van der Waals surface area contributed by atoms with Gasteiger partial charge in [0, 0.05) is 12.1 Å². The SMILES string of the molecule is C=CCN(CC(=O)O)C(C)(C)c1ccccc1. The van der Waals surface area contributed by atoms with Crippen molar-refractivity contribution < 1.29 is 9.90 Å². The number of carboxylic acid groups (broad SMARTS) is 1. The summed E-state index contributed by atoms with van der Waals surface area (Å²) in [4.78, 5) is 12.8. The molecule has 0 aromatic heterocycles. The molecule has 0 amide bonds. The average molecular weight is 233 g/mol. The minimum Gasteiger partial charge on any atom is -0.480 e. The van der Waals surface area contributed by atoms with Crippen molar-refractivity contribution in [1.29, 1.82) is 0 Å². The van der Waals surface area contributed by atoms with E-state index in [0.717, 1.165) is 5.56 Å². The molecule has 0 saturated heterocycles. The van der Waals surface area contributed by atoms with Crippen LogP contribution in [0.15, 0.2) is 43.0 Å². The molecule has 0 spiro atoms. The monoisotopic (exact) mass is 233 g/mol. The highest BCUT2D eigenvalue weighted by molar-refractivity contribution is 5.69. The average Bonchev–Trinajstić information content (AvgIpc) is 2.29. The van der Waals surface area contributed by atoms with Gasteiger partial charge < -0.3 is 5.11 Å². The number of hydrogen-bond acceptors (Lipinski definition) is 2. The lowest BCUT2D eigenvalue weighted by Crippen LogP contribution is -2.44. The number of carbonyl (C=O) groups is 1. The van der Waals surface area contributed by atoms with Crippen LogP contribution in [0, 0.1) is 0 Å². The van der Waals surface area contributed by atoms with Gasteiger partial charge in [0.25, 0.3) is 0 Å². The van der Waals surface area contributed by atoms with Gasteiger partial charge >= 0.3 is 5.97 Å². The first-order valence-electron chi connectivity index (χ1n) is 5.61. The molecule has 1 N–H and O–H groups in total. The van der Waals surface area contributed by atoms with Gasteiger partial charge in [0.1, 0.15) is 0 Å². The highest BCUT2D eigenvalue weighted by Gasteiger charge is 2.29. The van der Waals surface area contributed by atoms with Gasteiger partial charge in [-0.15, -0.1) is 6.58 Å². The molecule has 0 radical (unpaired) electrons. The molecular weight excluding hydrogens is 214 g/mol. The van der Waals surface area contributed by atoms with Crippen molar-refractivity contribution >= 4 is 5.97 Å². The summed E-state index contributed by atoms with van der Waals surface area (Å²) in [5.74, 6) is -0.823. The molecule has 3 nitrogen and oxygen atoms in total. The van der Waals surface area contributed by atoms with Crippen molar-refractivity contribution in [2.24, 2.45) is 0 Å². The number of rotatable bonds is 6. The molecule has 1 aromatic rings. The van der Waals surface area contributed by atoms with E-state index in [2.05, 4.69) is 6.58 Å². The fourth-order valence-corrected chi connectivity index (χ4v) is 1.84. The fraction of sp³-hybridized carbons (Fsp3) is 0.357. The number of hydrogen-bond donors (Lipinski definition) is 1. The van der Waals surface area contributed by atoms with Gasteiger partial charge in [0.2, 0.25) is 0 Å². The van der Waals surface area contributed by atoms with E-state index in [1.165, 1.54) is 0 Å². The summed E-state index contributed by atoms with van der Waals surface area (Å²) in [6.07, 6.45) is 1.73. The first kappa shape index (κ1) is 13.5. The van der Waals surface area contributed by atoms with Crippen molar-refractivity contribution in [3.8, 4) is 0 Å².